The van der Waals surface area contributed by atoms with Gasteiger partial charge in [-0.05, 0) is 38.3 Å². The molecule has 1 aromatic carbocycles. The Kier molecular flexibility index (Phi) is 9.01. The van der Waals surface area contributed by atoms with Crippen molar-refractivity contribution in [3.8, 4) is 11.5 Å². The second-order valence-corrected chi connectivity index (χ2v) is 9.09. The van der Waals surface area contributed by atoms with Gasteiger partial charge in [-0.15, -0.1) is 11.8 Å². The van der Waals surface area contributed by atoms with E-state index in [4.69, 9.17) is 4.74 Å². The molecule has 0 spiro atoms. The van der Waals surface area contributed by atoms with Gasteiger partial charge < -0.3 is 9.84 Å². The summed E-state index contributed by atoms with van der Waals surface area (Å²) in [7, 11) is 0. The third-order valence-corrected chi connectivity index (χ3v) is 7.15. The van der Waals surface area contributed by atoms with Gasteiger partial charge in [-0.2, -0.15) is 0 Å². The summed E-state index contributed by atoms with van der Waals surface area (Å²) in [4.78, 5) is 13.3. The average molecular weight is 393 g/mol. The zero-order chi connectivity index (χ0) is 19.8. The Hall–Kier alpha value is -1.16. The van der Waals surface area contributed by atoms with Crippen LogP contribution in [0.5, 0.6) is 11.5 Å². The Balaban J connectivity index is 1.74. The highest BCUT2D eigenvalue weighted by molar-refractivity contribution is 8.00. The molecule has 0 saturated heterocycles. The van der Waals surface area contributed by atoms with Crippen LogP contribution in [-0.2, 0) is 4.79 Å². The van der Waals surface area contributed by atoms with E-state index in [1.807, 2.05) is 20.8 Å². The first kappa shape index (κ1) is 22.1. The lowest BCUT2D eigenvalue weighted by molar-refractivity contribution is -0.134. The lowest BCUT2D eigenvalue weighted by Gasteiger charge is -2.27. The van der Waals surface area contributed by atoms with Crippen LogP contribution in [0.15, 0.2) is 4.90 Å². The summed E-state index contributed by atoms with van der Waals surface area (Å²) in [6.07, 6.45) is 13.8. The fourth-order valence-electron chi connectivity index (χ4n) is 3.69. The normalized spacial score (nSPS) is 16.3. The smallest absolute Gasteiger partial charge is 0.324 e. The average Bonchev–Trinajstić information content (AvgIpc) is 2.66. The first-order valence-electron chi connectivity index (χ1n) is 10.7. The summed E-state index contributed by atoms with van der Waals surface area (Å²) in [5.41, 5.74) is 2.50. The van der Waals surface area contributed by atoms with E-state index in [2.05, 4.69) is 6.92 Å². The molecular weight excluding hydrogens is 356 g/mol. The van der Waals surface area contributed by atoms with E-state index in [1.54, 1.807) is 11.8 Å². The summed E-state index contributed by atoms with van der Waals surface area (Å²) < 4.78 is 5.66. The van der Waals surface area contributed by atoms with Gasteiger partial charge in [-0.1, -0.05) is 71.1 Å². The summed E-state index contributed by atoms with van der Waals surface area (Å²) in [6.45, 7) is 7.94. The number of aromatic hydroxyl groups is 1. The molecule has 4 heteroatoms. The quantitative estimate of drug-likeness (QED) is 0.250. The first-order chi connectivity index (χ1) is 13.0. The van der Waals surface area contributed by atoms with E-state index < -0.39 is 0 Å². The Morgan fingerprint density at radius 2 is 1.41 bits per heavy atom. The van der Waals surface area contributed by atoms with Crippen molar-refractivity contribution in [2.45, 2.75) is 108 Å². The standard InChI is InChI=1S/C23H36O3S/c1-5-6-7-8-9-10-11-12-13-14-15-19-23(25)26-21-17(3)16(2)20(24)18(4)22(21)27-19/h19,24H,5-15H2,1-4H3. The van der Waals surface area contributed by atoms with Crippen LogP contribution in [0.2, 0.25) is 0 Å². The zero-order valence-electron chi connectivity index (χ0n) is 17.5. The Morgan fingerprint density at radius 3 is 2.00 bits per heavy atom. The number of thioether (sulfide) groups is 1. The summed E-state index contributed by atoms with van der Waals surface area (Å²) >= 11 is 1.57. The SMILES string of the molecule is CCCCCCCCCCCCC1Sc2c(C)c(O)c(C)c(C)c2OC1=O. The molecule has 27 heavy (non-hydrogen) atoms. The van der Waals surface area contributed by atoms with Gasteiger partial charge in [0.2, 0.25) is 0 Å². The van der Waals surface area contributed by atoms with Gasteiger partial charge in [0.1, 0.15) is 16.7 Å². The molecule has 0 saturated carbocycles. The van der Waals surface area contributed by atoms with E-state index in [0.29, 0.717) is 11.5 Å². The Morgan fingerprint density at radius 1 is 0.852 bits per heavy atom. The van der Waals surface area contributed by atoms with Crippen LogP contribution >= 0.6 is 11.8 Å². The number of carbonyl (C=O) groups excluding carboxylic acids is 1. The van der Waals surface area contributed by atoms with Crippen LogP contribution in [0.4, 0.5) is 0 Å². The number of ether oxygens (including phenoxy) is 1. The van der Waals surface area contributed by atoms with E-state index in [-0.39, 0.29) is 11.2 Å². The molecule has 0 bridgehead atoms. The molecule has 0 amide bonds. The lowest BCUT2D eigenvalue weighted by atomic mass is 10.0. The van der Waals surface area contributed by atoms with E-state index in [9.17, 15) is 9.90 Å². The second-order valence-electron chi connectivity index (χ2n) is 7.88. The molecule has 1 aromatic rings. The summed E-state index contributed by atoms with van der Waals surface area (Å²) in [5.74, 6) is 0.850. The number of fused-ring (bicyclic) bond motifs is 1. The van der Waals surface area contributed by atoms with Gasteiger partial charge in [0, 0.05) is 5.56 Å². The maximum Gasteiger partial charge on any atom is 0.324 e. The molecule has 0 aromatic heterocycles. The van der Waals surface area contributed by atoms with E-state index in [1.165, 1.54) is 57.8 Å². The first-order valence-corrected chi connectivity index (χ1v) is 11.6. The van der Waals surface area contributed by atoms with Crippen LogP contribution in [0.3, 0.4) is 0 Å². The van der Waals surface area contributed by atoms with Crippen molar-refractivity contribution >= 4 is 17.7 Å². The minimum Gasteiger partial charge on any atom is -0.507 e. The number of carbonyl (C=O) groups is 1. The molecular formula is C23H36O3S. The van der Waals surface area contributed by atoms with Gasteiger partial charge in [-0.3, -0.25) is 4.79 Å². The van der Waals surface area contributed by atoms with Gasteiger partial charge in [-0.25, -0.2) is 0 Å². The molecule has 1 atom stereocenters. The van der Waals surface area contributed by atoms with Crippen molar-refractivity contribution in [3.05, 3.63) is 16.7 Å². The third-order valence-electron chi connectivity index (χ3n) is 5.71. The summed E-state index contributed by atoms with van der Waals surface area (Å²) in [6, 6.07) is 0. The number of hydrogen-bond donors (Lipinski definition) is 1. The van der Waals surface area contributed by atoms with Crippen molar-refractivity contribution in [2.24, 2.45) is 0 Å². The maximum atomic E-state index is 12.4. The van der Waals surface area contributed by atoms with Crippen molar-refractivity contribution in [1.29, 1.82) is 0 Å². The topological polar surface area (TPSA) is 46.5 Å². The van der Waals surface area contributed by atoms with E-state index >= 15 is 0 Å². The Labute approximate surface area is 169 Å². The van der Waals surface area contributed by atoms with Crippen LogP contribution in [0.25, 0.3) is 0 Å². The van der Waals surface area contributed by atoms with Gasteiger partial charge in [0.25, 0.3) is 0 Å². The number of phenols is 1. The minimum absolute atomic E-state index is 0.129. The highest BCUT2D eigenvalue weighted by Crippen LogP contribution is 2.47. The predicted molar refractivity (Wildman–Crippen MR) is 114 cm³/mol. The minimum atomic E-state index is -0.147. The molecule has 1 heterocycles. The molecule has 0 fully saturated rings. The van der Waals surface area contributed by atoms with Crippen molar-refractivity contribution in [1.82, 2.24) is 0 Å². The Bertz CT molecular complexity index is 639. The van der Waals surface area contributed by atoms with Crippen molar-refractivity contribution < 1.29 is 14.6 Å². The van der Waals surface area contributed by atoms with Gasteiger partial charge in [0.05, 0.1) is 4.90 Å². The van der Waals surface area contributed by atoms with E-state index in [0.717, 1.165) is 34.4 Å². The van der Waals surface area contributed by atoms with Crippen LogP contribution in [0.1, 0.15) is 94.2 Å². The number of unbranched alkanes of at least 4 members (excludes halogenated alkanes) is 9. The third kappa shape index (κ3) is 5.91. The monoisotopic (exact) mass is 392 g/mol. The molecule has 3 nitrogen and oxygen atoms in total. The fraction of sp³-hybridized carbons (Fsp3) is 0.696. The summed E-state index contributed by atoms with van der Waals surface area (Å²) in [5, 5.41) is 10.2. The number of rotatable bonds is 11. The highest BCUT2D eigenvalue weighted by atomic mass is 32.2. The predicted octanol–water partition coefficient (Wildman–Crippen LogP) is 7.01. The van der Waals surface area contributed by atoms with Crippen LogP contribution < -0.4 is 4.74 Å². The number of esters is 1. The van der Waals surface area contributed by atoms with Gasteiger partial charge in [0.15, 0.2) is 0 Å². The number of benzene rings is 1. The largest absolute Gasteiger partial charge is 0.507 e. The lowest BCUT2D eigenvalue weighted by Crippen LogP contribution is -2.27. The maximum absolute atomic E-state index is 12.4. The van der Waals surface area contributed by atoms with Gasteiger partial charge >= 0.3 is 5.97 Å². The van der Waals surface area contributed by atoms with Crippen molar-refractivity contribution in [3.63, 3.8) is 0 Å². The number of hydrogen-bond acceptors (Lipinski definition) is 4. The molecule has 1 N–H and O–H groups in total. The fourth-order valence-corrected chi connectivity index (χ4v) is 4.98. The molecule has 152 valence electrons. The van der Waals surface area contributed by atoms with Crippen molar-refractivity contribution in [2.75, 3.05) is 0 Å². The molecule has 1 aliphatic rings. The number of phenolic OH excluding ortho intramolecular Hbond substituents is 1. The molecule has 1 aliphatic heterocycles. The second kappa shape index (κ2) is 11.0. The molecule has 2 rings (SSSR count). The van der Waals surface area contributed by atoms with Crippen LogP contribution in [0, 0.1) is 20.8 Å². The zero-order valence-corrected chi connectivity index (χ0v) is 18.3. The highest BCUT2D eigenvalue weighted by Gasteiger charge is 2.32. The molecule has 1 unspecified atom stereocenters. The molecule has 0 radical (unpaired) electrons. The van der Waals surface area contributed by atoms with Crippen LogP contribution in [-0.4, -0.2) is 16.3 Å². The molecule has 0 aliphatic carbocycles.